The van der Waals surface area contributed by atoms with Crippen LogP contribution in [0.25, 0.3) is 11.3 Å². The summed E-state index contributed by atoms with van der Waals surface area (Å²) in [6.45, 7) is 3.75. The maximum Gasteiger partial charge on any atom is 0.303 e. The normalized spacial score (nSPS) is 13.9. The lowest BCUT2D eigenvalue weighted by Crippen LogP contribution is -2.12. The standard InChI is InChI=1S/C27H26ClN3O3/c1-2-29-16-18-6-10-21(11-7-18)30-26(19-5-3-4-17(14-19)8-13-24(32)33)25-22-12-9-20(28)15-23(22)31-27(25)34/h3-7,9-12,14-15,29-30H,2,8,13,16H2,1H3,(H,31,34)(H,32,33)/b26-25-. The van der Waals surface area contributed by atoms with Gasteiger partial charge in [-0.25, -0.2) is 0 Å². The van der Waals surface area contributed by atoms with E-state index in [0.29, 0.717) is 28.4 Å². The van der Waals surface area contributed by atoms with Crippen molar-refractivity contribution in [3.63, 3.8) is 0 Å². The van der Waals surface area contributed by atoms with Gasteiger partial charge < -0.3 is 21.1 Å². The van der Waals surface area contributed by atoms with Crippen LogP contribution in [0.3, 0.4) is 0 Å². The Morgan fingerprint density at radius 2 is 1.82 bits per heavy atom. The highest BCUT2D eigenvalue weighted by Gasteiger charge is 2.28. The zero-order valence-electron chi connectivity index (χ0n) is 18.8. The number of carbonyl (C=O) groups is 2. The van der Waals surface area contributed by atoms with Crippen LogP contribution in [-0.4, -0.2) is 23.5 Å². The minimum atomic E-state index is -0.847. The van der Waals surface area contributed by atoms with Crippen LogP contribution in [0.2, 0.25) is 5.02 Å². The molecular formula is C27H26ClN3O3. The molecule has 4 rings (SSSR count). The molecule has 0 spiro atoms. The van der Waals surface area contributed by atoms with Crippen LogP contribution in [0.15, 0.2) is 66.7 Å². The third-order valence-electron chi connectivity index (χ3n) is 5.62. The van der Waals surface area contributed by atoms with Gasteiger partial charge in [-0.05, 0) is 60.0 Å². The number of carboxylic acids is 1. The van der Waals surface area contributed by atoms with E-state index in [9.17, 15) is 9.59 Å². The number of amides is 1. The number of benzene rings is 3. The van der Waals surface area contributed by atoms with Gasteiger partial charge in [0.2, 0.25) is 0 Å². The molecular weight excluding hydrogens is 450 g/mol. The van der Waals surface area contributed by atoms with Gasteiger partial charge in [-0.3, -0.25) is 9.59 Å². The minimum Gasteiger partial charge on any atom is -0.481 e. The quantitative estimate of drug-likeness (QED) is 0.311. The number of anilines is 2. The van der Waals surface area contributed by atoms with E-state index in [2.05, 4.69) is 22.9 Å². The van der Waals surface area contributed by atoms with Crippen LogP contribution < -0.4 is 16.0 Å². The highest BCUT2D eigenvalue weighted by molar-refractivity contribution is 6.38. The van der Waals surface area contributed by atoms with Crippen molar-refractivity contribution < 1.29 is 14.7 Å². The summed E-state index contributed by atoms with van der Waals surface area (Å²) in [6, 6.07) is 21.0. The van der Waals surface area contributed by atoms with Gasteiger partial charge in [0.1, 0.15) is 0 Å². The van der Waals surface area contributed by atoms with E-state index in [1.54, 1.807) is 12.1 Å². The molecule has 6 nitrogen and oxygen atoms in total. The molecule has 174 valence electrons. The van der Waals surface area contributed by atoms with Gasteiger partial charge >= 0.3 is 5.97 Å². The fourth-order valence-corrected chi connectivity index (χ4v) is 4.10. The minimum absolute atomic E-state index is 0.0395. The van der Waals surface area contributed by atoms with Gasteiger partial charge in [0.15, 0.2) is 0 Å². The van der Waals surface area contributed by atoms with Crippen LogP contribution >= 0.6 is 11.6 Å². The molecule has 0 saturated heterocycles. The zero-order valence-corrected chi connectivity index (χ0v) is 19.6. The number of aryl methyl sites for hydroxylation is 1. The SMILES string of the molecule is CCNCc1ccc(N/C(=C2\C(=O)Nc3cc(Cl)ccc32)c2cccc(CCC(=O)O)c2)cc1. The largest absolute Gasteiger partial charge is 0.481 e. The van der Waals surface area contributed by atoms with E-state index in [0.717, 1.165) is 41.0 Å². The van der Waals surface area contributed by atoms with E-state index in [-0.39, 0.29) is 12.3 Å². The Morgan fingerprint density at radius 1 is 1.03 bits per heavy atom. The lowest BCUT2D eigenvalue weighted by atomic mass is 9.97. The Morgan fingerprint density at radius 3 is 2.56 bits per heavy atom. The Labute approximate surface area is 203 Å². The Bertz CT molecular complexity index is 1250. The van der Waals surface area contributed by atoms with Crippen molar-refractivity contribution in [1.29, 1.82) is 0 Å². The van der Waals surface area contributed by atoms with Crippen LogP contribution in [0, 0.1) is 0 Å². The molecule has 0 radical (unpaired) electrons. The first kappa shape index (κ1) is 23.5. The summed E-state index contributed by atoms with van der Waals surface area (Å²) in [7, 11) is 0. The summed E-state index contributed by atoms with van der Waals surface area (Å²) in [6.07, 6.45) is 0.446. The number of hydrogen-bond donors (Lipinski definition) is 4. The molecule has 0 saturated carbocycles. The van der Waals surface area contributed by atoms with E-state index < -0.39 is 5.97 Å². The van der Waals surface area contributed by atoms with Crippen molar-refractivity contribution in [2.75, 3.05) is 17.2 Å². The summed E-state index contributed by atoms with van der Waals surface area (Å²) in [5.74, 6) is -1.07. The van der Waals surface area contributed by atoms with Crippen molar-refractivity contribution >= 4 is 46.1 Å². The van der Waals surface area contributed by atoms with Crippen molar-refractivity contribution in [2.45, 2.75) is 26.3 Å². The number of carboxylic acid groups (broad SMARTS) is 1. The Balaban J connectivity index is 1.77. The van der Waals surface area contributed by atoms with Crippen molar-refractivity contribution in [3.05, 3.63) is 94.0 Å². The maximum absolute atomic E-state index is 13.1. The molecule has 0 unspecified atom stereocenters. The summed E-state index contributed by atoms with van der Waals surface area (Å²) in [5.41, 5.74) is 6.27. The second-order valence-corrected chi connectivity index (χ2v) is 8.53. The number of fused-ring (bicyclic) bond motifs is 1. The third kappa shape index (κ3) is 5.47. The van der Waals surface area contributed by atoms with E-state index in [1.807, 2.05) is 54.6 Å². The molecule has 0 atom stereocenters. The number of hydrogen-bond acceptors (Lipinski definition) is 4. The smallest absolute Gasteiger partial charge is 0.303 e. The molecule has 1 aliphatic heterocycles. The molecule has 0 fully saturated rings. The number of rotatable bonds is 9. The lowest BCUT2D eigenvalue weighted by molar-refractivity contribution is -0.137. The highest BCUT2D eigenvalue weighted by atomic mass is 35.5. The molecule has 3 aromatic rings. The average molecular weight is 476 g/mol. The Kier molecular flexibility index (Phi) is 7.30. The van der Waals surface area contributed by atoms with Crippen molar-refractivity contribution in [2.24, 2.45) is 0 Å². The van der Waals surface area contributed by atoms with Gasteiger partial charge in [-0.2, -0.15) is 0 Å². The van der Waals surface area contributed by atoms with E-state index in [1.165, 1.54) is 0 Å². The topological polar surface area (TPSA) is 90.5 Å². The summed E-state index contributed by atoms with van der Waals surface area (Å²) in [4.78, 5) is 24.1. The summed E-state index contributed by atoms with van der Waals surface area (Å²) >= 11 is 6.14. The third-order valence-corrected chi connectivity index (χ3v) is 5.86. The number of aliphatic carboxylic acids is 1. The molecule has 3 aromatic carbocycles. The van der Waals surface area contributed by atoms with Gasteiger partial charge in [0.25, 0.3) is 5.91 Å². The van der Waals surface area contributed by atoms with Crippen LogP contribution in [0.4, 0.5) is 11.4 Å². The number of carbonyl (C=O) groups excluding carboxylic acids is 1. The first-order chi connectivity index (χ1) is 16.4. The van der Waals surface area contributed by atoms with Gasteiger partial charge in [-0.15, -0.1) is 0 Å². The van der Waals surface area contributed by atoms with Gasteiger partial charge in [0, 0.05) is 29.2 Å². The van der Waals surface area contributed by atoms with Gasteiger partial charge in [-0.1, -0.05) is 54.9 Å². The monoisotopic (exact) mass is 475 g/mol. The molecule has 1 amide bonds. The molecule has 1 aliphatic rings. The average Bonchev–Trinajstić information content (AvgIpc) is 3.15. The highest BCUT2D eigenvalue weighted by Crippen LogP contribution is 2.39. The number of nitrogens with one attached hydrogen (secondary N) is 3. The molecule has 0 aliphatic carbocycles. The maximum atomic E-state index is 13.1. The second kappa shape index (κ2) is 10.5. The predicted molar refractivity (Wildman–Crippen MR) is 137 cm³/mol. The van der Waals surface area contributed by atoms with Gasteiger partial charge in [0.05, 0.1) is 17.0 Å². The predicted octanol–water partition coefficient (Wildman–Crippen LogP) is 5.40. The van der Waals surface area contributed by atoms with Crippen LogP contribution in [0.1, 0.15) is 35.6 Å². The molecule has 7 heteroatoms. The van der Waals surface area contributed by atoms with Crippen molar-refractivity contribution in [3.8, 4) is 0 Å². The zero-order chi connectivity index (χ0) is 24.1. The fraction of sp³-hybridized carbons (Fsp3) is 0.185. The first-order valence-electron chi connectivity index (χ1n) is 11.2. The Hall–Kier alpha value is -3.61. The van der Waals surface area contributed by atoms with E-state index >= 15 is 0 Å². The van der Waals surface area contributed by atoms with E-state index in [4.69, 9.17) is 16.7 Å². The lowest BCUT2D eigenvalue weighted by Gasteiger charge is -2.16. The summed E-state index contributed by atoms with van der Waals surface area (Å²) in [5, 5.41) is 19.3. The number of halogens is 1. The van der Waals surface area contributed by atoms with Crippen LogP contribution in [-0.2, 0) is 22.6 Å². The molecule has 34 heavy (non-hydrogen) atoms. The summed E-state index contributed by atoms with van der Waals surface area (Å²) < 4.78 is 0. The van der Waals surface area contributed by atoms with Crippen LogP contribution in [0.5, 0.6) is 0 Å². The first-order valence-corrected chi connectivity index (χ1v) is 11.6. The van der Waals surface area contributed by atoms with Crippen molar-refractivity contribution in [1.82, 2.24) is 5.32 Å². The fourth-order valence-electron chi connectivity index (χ4n) is 3.93. The molecule has 1 heterocycles. The molecule has 0 aromatic heterocycles. The molecule has 4 N–H and O–H groups in total. The molecule has 0 bridgehead atoms. The second-order valence-electron chi connectivity index (χ2n) is 8.09.